The predicted molar refractivity (Wildman–Crippen MR) is 202 cm³/mol. The molecule has 0 aliphatic carbocycles. The Morgan fingerprint density at radius 3 is 1.78 bits per heavy atom. The average molecular weight is 724 g/mol. The van der Waals surface area contributed by atoms with E-state index in [1.807, 2.05) is 48.5 Å². The Balaban J connectivity index is 0.941. The van der Waals surface area contributed by atoms with Crippen molar-refractivity contribution in [2.45, 2.75) is 43.8 Å². The van der Waals surface area contributed by atoms with Crippen molar-refractivity contribution in [1.82, 2.24) is 44.2 Å². The third-order valence-corrected chi connectivity index (χ3v) is 10.7. The number of H-pyrrole nitrogens is 2. The van der Waals surface area contributed by atoms with Gasteiger partial charge in [-0.1, -0.05) is 78.9 Å². The van der Waals surface area contributed by atoms with Crippen molar-refractivity contribution in [1.29, 1.82) is 0 Å². The Kier molecular flexibility index (Phi) is 9.28. The Hall–Kier alpha value is -6.50. The molecule has 6 aromatic rings. The summed E-state index contributed by atoms with van der Waals surface area (Å²) in [6.07, 6.45) is 9.01. The lowest BCUT2D eigenvalue weighted by atomic mass is 10.0. The van der Waals surface area contributed by atoms with Crippen LogP contribution in [0.1, 0.15) is 71.5 Å². The topological polar surface area (TPSA) is 156 Å². The van der Waals surface area contributed by atoms with Gasteiger partial charge >= 0.3 is 6.09 Å². The van der Waals surface area contributed by atoms with Crippen molar-refractivity contribution >= 4 is 17.9 Å². The van der Waals surface area contributed by atoms with Gasteiger partial charge in [-0.2, -0.15) is 0 Å². The first-order valence-corrected chi connectivity index (χ1v) is 18.2. The Bertz CT molecular complexity index is 2280. The van der Waals surface area contributed by atoms with Crippen LogP contribution in [0.15, 0.2) is 104 Å². The number of carbonyl (C=O) groups is 3. The van der Waals surface area contributed by atoms with Gasteiger partial charge in [0.25, 0.3) is 11.8 Å². The summed E-state index contributed by atoms with van der Waals surface area (Å²) in [6, 6.07) is 24.2. The number of nitrogens with one attached hydrogen (secondary N) is 2. The van der Waals surface area contributed by atoms with Gasteiger partial charge in [-0.05, 0) is 53.5 Å². The highest BCUT2D eigenvalue weighted by Gasteiger charge is 2.39. The fourth-order valence-electron chi connectivity index (χ4n) is 7.74. The smallest absolute Gasteiger partial charge is 0.407 e. The van der Waals surface area contributed by atoms with Gasteiger partial charge in [0, 0.05) is 27.2 Å². The van der Waals surface area contributed by atoms with E-state index in [9.17, 15) is 19.5 Å². The van der Waals surface area contributed by atoms with E-state index in [0.717, 1.165) is 70.0 Å². The number of hydrogen-bond donors (Lipinski definition) is 3. The molecule has 0 spiro atoms. The Labute approximate surface area is 312 Å². The normalized spacial score (nSPS) is 17.5. The van der Waals surface area contributed by atoms with E-state index in [-0.39, 0.29) is 23.9 Å². The molecule has 3 aromatic heterocycles. The van der Waals surface area contributed by atoms with E-state index in [1.54, 1.807) is 40.3 Å². The lowest BCUT2D eigenvalue weighted by molar-refractivity contribution is -0.137. The summed E-state index contributed by atoms with van der Waals surface area (Å²) in [5.74, 6) is 1.17. The van der Waals surface area contributed by atoms with Gasteiger partial charge in [-0.15, -0.1) is 0 Å². The predicted octanol–water partition coefficient (Wildman–Crippen LogP) is 6.86. The van der Waals surface area contributed by atoms with E-state index >= 15 is 0 Å². The quantitative estimate of drug-likeness (QED) is 0.147. The molecule has 5 heterocycles. The van der Waals surface area contributed by atoms with Crippen LogP contribution in [0.5, 0.6) is 0 Å². The number of carboxylic acid groups (broad SMARTS) is 1. The number of rotatable bonds is 9. The molecule has 8 rings (SSSR count). The molecule has 13 heteroatoms. The largest absolute Gasteiger partial charge is 0.465 e. The molecule has 274 valence electrons. The molecule has 3 N–H and O–H groups in total. The molecule has 13 nitrogen and oxygen atoms in total. The summed E-state index contributed by atoms with van der Waals surface area (Å²) < 4.78 is 1.75. The van der Waals surface area contributed by atoms with Gasteiger partial charge in [0.2, 0.25) is 0 Å². The maximum Gasteiger partial charge on any atom is 0.407 e. The minimum Gasteiger partial charge on any atom is -0.465 e. The molecule has 3 atom stereocenters. The van der Waals surface area contributed by atoms with Gasteiger partial charge in [-0.25, -0.2) is 19.7 Å². The number of amides is 3. The fourth-order valence-corrected chi connectivity index (χ4v) is 7.74. The van der Waals surface area contributed by atoms with Gasteiger partial charge < -0.3 is 29.4 Å². The van der Waals surface area contributed by atoms with E-state index in [2.05, 4.69) is 61.3 Å². The third kappa shape index (κ3) is 6.53. The first kappa shape index (κ1) is 34.6. The van der Waals surface area contributed by atoms with Crippen LogP contribution in [0.4, 0.5) is 4.79 Å². The van der Waals surface area contributed by atoms with Crippen LogP contribution in [0.3, 0.4) is 0 Å². The number of aromatic amines is 2. The maximum atomic E-state index is 13.9. The standard InChI is InChI=1S/C41H41N9O4/c1-47-25-42-24-35(47)39(51)49-20-6-10-33(49)37-43-22-31(45-37)28-16-12-26(13-17-28)27-14-18-29(19-15-27)32-23-44-38(46-32)34-11-7-21-50(34)40(52)36(48(2)41(53)54)30-8-4-3-5-9-30/h3-5,8-9,12-19,22-25,33-34,36H,6-7,10-11,20-21H2,1-2H3,(H,43,45)(H,44,46)(H,53,54)/t33-,34-,36+/m0/s1. The number of aryl methyl sites for hydroxylation is 1. The fraction of sp³-hybridized carbons (Fsp3) is 0.268. The lowest BCUT2D eigenvalue weighted by Crippen LogP contribution is -2.43. The number of likely N-dealkylation sites (N-methyl/N-ethyl adjacent to an activating group) is 1. The highest BCUT2D eigenvalue weighted by molar-refractivity contribution is 5.93. The molecule has 2 aliphatic rings. The number of carbonyl (C=O) groups excluding carboxylic acids is 2. The molecule has 0 saturated carbocycles. The van der Waals surface area contributed by atoms with Crippen LogP contribution in [-0.2, 0) is 11.8 Å². The second kappa shape index (κ2) is 14.5. The molecule has 54 heavy (non-hydrogen) atoms. The van der Waals surface area contributed by atoms with Crippen molar-refractivity contribution in [2.24, 2.45) is 7.05 Å². The van der Waals surface area contributed by atoms with Crippen LogP contribution >= 0.6 is 0 Å². The van der Waals surface area contributed by atoms with Crippen molar-refractivity contribution in [2.75, 3.05) is 20.1 Å². The summed E-state index contributed by atoms with van der Waals surface area (Å²) in [6.45, 7) is 1.21. The lowest BCUT2D eigenvalue weighted by Gasteiger charge is -2.32. The zero-order chi connectivity index (χ0) is 37.3. The summed E-state index contributed by atoms with van der Waals surface area (Å²) in [7, 11) is 3.26. The van der Waals surface area contributed by atoms with Crippen molar-refractivity contribution in [3.8, 4) is 33.6 Å². The van der Waals surface area contributed by atoms with Crippen molar-refractivity contribution in [3.05, 3.63) is 127 Å². The third-order valence-electron chi connectivity index (χ3n) is 10.7. The van der Waals surface area contributed by atoms with Gasteiger partial charge in [-0.3, -0.25) is 14.5 Å². The second-order valence-corrected chi connectivity index (χ2v) is 14.0. The molecule has 2 fully saturated rings. The van der Waals surface area contributed by atoms with Crippen molar-refractivity contribution in [3.63, 3.8) is 0 Å². The van der Waals surface area contributed by atoms with Gasteiger partial charge in [0.05, 0.1) is 48.4 Å². The molecular formula is C41H41N9O4. The number of nitrogens with zero attached hydrogens (tertiary/aromatic N) is 7. The van der Waals surface area contributed by atoms with Crippen LogP contribution in [-0.4, -0.2) is 87.3 Å². The van der Waals surface area contributed by atoms with Crippen LogP contribution < -0.4 is 0 Å². The summed E-state index contributed by atoms with van der Waals surface area (Å²) in [5.41, 5.74) is 7.03. The Morgan fingerprint density at radius 1 is 0.741 bits per heavy atom. The monoisotopic (exact) mass is 723 g/mol. The first-order valence-electron chi connectivity index (χ1n) is 18.2. The second-order valence-electron chi connectivity index (χ2n) is 14.0. The minimum absolute atomic E-state index is 0.0360. The maximum absolute atomic E-state index is 13.9. The van der Waals surface area contributed by atoms with Crippen molar-refractivity contribution < 1.29 is 19.5 Å². The minimum atomic E-state index is -1.16. The Morgan fingerprint density at radius 2 is 1.26 bits per heavy atom. The molecule has 0 radical (unpaired) electrons. The molecule has 2 aliphatic heterocycles. The molecule has 3 aromatic carbocycles. The van der Waals surface area contributed by atoms with E-state index in [4.69, 9.17) is 0 Å². The average Bonchev–Trinajstić information content (AvgIpc) is 4.05. The number of benzene rings is 3. The number of hydrogen-bond acceptors (Lipinski definition) is 6. The summed E-state index contributed by atoms with van der Waals surface area (Å²) in [4.78, 5) is 64.2. The van der Waals surface area contributed by atoms with E-state index < -0.39 is 12.1 Å². The van der Waals surface area contributed by atoms with Crippen LogP contribution in [0, 0.1) is 0 Å². The molecule has 0 unspecified atom stereocenters. The molecule has 0 bridgehead atoms. The molecule has 3 amide bonds. The first-order chi connectivity index (χ1) is 26.3. The van der Waals surface area contributed by atoms with E-state index in [0.29, 0.717) is 30.2 Å². The highest BCUT2D eigenvalue weighted by Crippen LogP contribution is 2.36. The summed E-state index contributed by atoms with van der Waals surface area (Å²) in [5, 5.41) is 9.78. The van der Waals surface area contributed by atoms with Gasteiger partial charge in [0.1, 0.15) is 23.4 Å². The number of likely N-dealkylation sites (tertiary alicyclic amines) is 2. The summed E-state index contributed by atoms with van der Waals surface area (Å²) >= 11 is 0. The van der Waals surface area contributed by atoms with Crippen LogP contribution in [0.25, 0.3) is 33.6 Å². The number of imidazole rings is 3. The highest BCUT2D eigenvalue weighted by atomic mass is 16.4. The molecule has 2 saturated heterocycles. The van der Waals surface area contributed by atoms with Crippen LogP contribution in [0.2, 0.25) is 0 Å². The number of aromatic nitrogens is 6. The molecular weight excluding hydrogens is 683 g/mol. The SMILES string of the molecule is CN(C(=O)O)[C@@H](C(=O)N1CCC[C@H]1c1ncc(-c2ccc(-c3ccc(-c4cnc([C@@H]5CCCN5C(=O)c5cncn5C)[nH]4)cc3)cc2)[nH]1)c1ccccc1. The zero-order valence-corrected chi connectivity index (χ0v) is 30.1. The zero-order valence-electron chi connectivity index (χ0n) is 30.1. The van der Waals surface area contributed by atoms with Gasteiger partial charge in [0.15, 0.2) is 0 Å². The van der Waals surface area contributed by atoms with E-state index in [1.165, 1.54) is 7.05 Å².